The van der Waals surface area contributed by atoms with Crippen LogP contribution in [0.25, 0.3) is 6.08 Å². The standard InChI is InChI=1S/C22H26N2O4/c1-17(28-20-6-3-2-4-7-20)22(26)23-16-18-11-13-24(14-12-18)21(25)10-9-19-8-5-15-27-19/h2-10,15,17-18H,11-14,16H2,1H3,(H,23,26). The Morgan fingerprint density at radius 2 is 1.96 bits per heavy atom. The molecule has 28 heavy (non-hydrogen) atoms. The number of furan rings is 1. The van der Waals surface area contributed by atoms with Crippen LogP contribution in [0.3, 0.4) is 0 Å². The quantitative estimate of drug-likeness (QED) is 0.747. The van der Waals surface area contributed by atoms with Gasteiger partial charge < -0.3 is 19.4 Å². The van der Waals surface area contributed by atoms with Crippen molar-refractivity contribution in [2.75, 3.05) is 19.6 Å². The minimum absolute atomic E-state index is 0.0104. The average molecular weight is 382 g/mol. The Morgan fingerprint density at radius 1 is 1.21 bits per heavy atom. The summed E-state index contributed by atoms with van der Waals surface area (Å²) in [6.45, 7) is 3.73. The van der Waals surface area contributed by atoms with Crippen LogP contribution in [0, 0.1) is 5.92 Å². The summed E-state index contributed by atoms with van der Waals surface area (Å²) in [7, 11) is 0. The fourth-order valence-electron chi connectivity index (χ4n) is 3.15. The van der Waals surface area contributed by atoms with Gasteiger partial charge in [0, 0.05) is 25.7 Å². The van der Waals surface area contributed by atoms with Crippen molar-refractivity contribution in [1.82, 2.24) is 10.2 Å². The number of piperidine rings is 1. The predicted octanol–water partition coefficient (Wildman–Crippen LogP) is 3.12. The number of carbonyl (C=O) groups is 2. The molecule has 1 aromatic heterocycles. The first-order chi connectivity index (χ1) is 13.6. The monoisotopic (exact) mass is 382 g/mol. The van der Waals surface area contributed by atoms with Crippen LogP contribution in [0.2, 0.25) is 0 Å². The van der Waals surface area contributed by atoms with Crippen molar-refractivity contribution < 1.29 is 18.7 Å². The molecule has 0 bridgehead atoms. The minimum atomic E-state index is -0.546. The van der Waals surface area contributed by atoms with Gasteiger partial charge in [0.2, 0.25) is 5.91 Å². The van der Waals surface area contributed by atoms with Gasteiger partial charge in [-0.25, -0.2) is 0 Å². The summed E-state index contributed by atoms with van der Waals surface area (Å²) in [4.78, 5) is 26.3. The van der Waals surface area contributed by atoms with Crippen molar-refractivity contribution in [1.29, 1.82) is 0 Å². The first kappa shape index (κ1) is 19.7. The number of rotatable bonds is 7. The van der Waals surface area contributed by atoms with Crippen LogP contribution < -0.4 is 10.1 Å². The van der Waals surface area contributed by atoms with Crippen LogP contribution in [0.5, 0.6) is 5.75 Å². The van der Waals surface area contributed by atoms with E-state index in [1.165, 1.54) is 0 Å². The molecule has 148 valence electrons. The molecule has 1 atom stereocenters. The van der Waals surface area contributed by atoms with Crippen molar-refractivity contribution in [3.8, 4) is 5.75 Å². The smallest absolute Gasteiger partial charge is 0.260 e. The number of hydrogen-bond acceptors (Lipinski definition) is 4. The van der Waals surface area contributed by atoms with Crippen molar-refractivity contribution >= 4 is 17.9 Å². The number of benzene rings is 1. The third-order valence-corrected chi connectivity index (χ3v) is 4.85. The molecular formula is C22H26N2O4. The number of amides is 2. The molecule has 1 aliphatic rings. The molecule has 1 saturated heterocycles. The summed E-state index contributed by atoms with van der Waals surface area (Å²) < 4.78 is 10.8. The van der Waals surface area contributed by atoms with E-state index in [1.54, 1.807) is 37.5 Å². The lowest BCUT2D eigenvalue weighted by atomic mass is 9.96. The van der Waals surface area contributed by atoms with Gasteiger partial charge in [0.25, 0.3) is 5.91 Å². The van der Waals surface area contributed by atoms with Crippen LogP contribution in [0.4, 0.5) is 0 Å². The number of ether oxygens (including phenoxy) is 1. The molecule has 0 saturated carbocycles. The molecule has 1 aliphatic heterocycles. The number of carbonyl (C=O) groups excluding carboxylic acids is 2. The van der Waals surface area contributed by atoms with Gasteiger partial charge in [0.05, 0.1) is 6.26 Å². The van der Waals surface area contributed by atoms with Gasteiger partial charge in [0.15, 0.2) is 6.10 Å². The second kappa shape index (κ2) is 9.78. The molecular weight excluding hydrogens is 356 g/mol. The summed E-state index contributed by atoms with van der Waals surface area (Å²) in [5.41, 5.74) is 0. The number of nitrogens with one attached hydrogen (secondary N) is 1. The number of likely N-dealkylation sites (tertiary alicyclic amines) is 1. The minimum Gasteiger partial charge on any atom is -0.481 e. The fourth-order valence-corrected chi connectivity index (χ4v) is 3.15. The Hall–Kier alpha value is -3.02. The third-order valence-electron chi connectivity index (χ3n) is 4.85. The molecule has 2 amide bonds. The highest BCUT2D eigenvalue weighted by atomic mass is 16.5. The van der Waals surface area contributed by atoms with E-state index in [2.05, 4.69) is 5.32 Å². The summed E-state index contributed by atoms with van der Waals surface area (Å²) >= 11 is 0. The number of para-hydroxylation sites is 1. The lowest BCUT2D eigenvalue weighted by Gasteiger charge is -2.31. The molecule has 1 fully saturated rings. The van der Waals surface area contributed by atoms with Crippen molar-refractivity contribution in [3.63, 3.8) is 0 Å². The van der Waals surface area contributed by atoms with Crippen molar-refractivity contribution in [2.24, 2.45) is 5.92 Å². The van der Waals surface area contributed by atoms with E-state index in [9.17, 15) is 9.59 Å². The van der Waals surface area contributed by atoms with Gasteiger partial charge in [0.1, 0.15) is 11.5 Å². The molecule has 1 N–H and O–H groups in total. The molecule has 0 spiro atoms. The largest absolute Gasteiger partial charge is 0.481 e. The topological polar surface area (TPSA) is 71.8 Å². The zero-order valence-electron chi connectivity index (χ0n) is 16.0. The van der Waals surface area contributed by atoms with E-state index >= 15 is 0 Å². The van der Waals surface area contributed by atoms with Crippen molar-refractivity contribution in [3.05, 3.63) is 60.6 Å². The molecule has 6 heteroatoms. The van der Waals surface area contributed by atoms with Gasteiger partial charge >= 0.3 is 0 Å². The first-order valence-corrected chi connectivity index (χ1v) is 9.61. The van der Waals surface area contributed by atoms with Gasteiger partial charge in [-0.2, -0.15) is 0 Å². The molecule has 2 heterocycles. The first-order valence-electron chi connectivity index (χ1n) is 9.61. The second-order valence-corrected chi connectivity index (χ2v) is 6.94. The molecule has 1 aromatic carbocycles. The summed E-state index contributed by atoms with van der Waals surface area (Å²) in [6, 6.07) is 12.9. The lowest BCUT2D eigenvalue weighted by molar-refractivity contribution is -0.129. The van der Waals surface area contributed by atoms with Crippen LogP contribution in [-0.2, 0) is 9.59 Å². The Labute approximate surface area is 165 Å². The highest BCUT2D eigenvalue weighted by Crippen LogP contribution is 2.17. The van der Waals surface area contributed by atoms with E-state index in [0.29, 0.717) is 37.1 Å². The summed E-state index contributed by atoms with van der Waals surface area (Å²) in [5.74, 6) is 1.58. The molecule has 1 unspecified atom stereocenters. The molecule has 0 aliphatic carbocycles. The van der Waals surface area contributed by atoms with E-state index < -0.39 is 6.10 Å². The highest BCUT2D eigenvalue weighted by Gasteiger charge is 2.23. The lowest BCUT2D eigenvalue weighted by Crippen LogP contribution is -2.43. The van der Waals surface area contributed by atoms with Gasteiger partial charge in [-0.15, -0.1) is 0 Å². The van der Waals surface area contributed by atoms with Gasteiger partial charge in [-0.3, -0.25) is 9.59 Å². The Bertz CT molecular complexity index is 778. The average Bonchev–Trinajstić information content (AvgIpc) is 3.25. The second-order valence-electron chi connectivity index (χ2n) is 6.94. The maximum Gasteiger partial charge on any atom is 0.260 e. The van der Waals surface area contributed by atoms with E-state index in [-0.39, 0.29) is 11.8 Å². The fraction of sp³-hybridized carbons (Fsp3) is 0.364. The highest BCUT2D eigenvalue weighted by molar-refractivity contribution is 5.91. The molecule has 3 rings (SSSR count). The van der Waals surface area contributed by atoms with E-state index in [1.807, 2.05) is 35.2 Å². The number of hydrogen-bond donors (Lipinski definition) is 1. The SMILES string of the molecule is CC(Oc1ccccc1)C(=O)NCC1CCN(C(=O)C=Cc2ccco2)CC1. The summed E-state index contributed by atoms with van der Waals surface area (Å²) in [6.07, 6.45) is 6.00. The maximum absolute atomic E-state index is 12.2. The predicted molar refractivity (Wildman–Crippen MR) is 107 cm³/mol. The number of nitrogens with zero attached hydrogens (tertiary/aromatic N) is 1. The van der Waals surface area contributed by atoms with Crippen molar-refractivity contribution in [2.45, 2.75) is 25.9 Å². The Kier molecular flexibility index (Phi) is 6.89. The zero-order chi connectivity index (χ0) is 19.8. The molecule has 2 aromatic rings. The van der Waals surface area contributed by atoms with E-state index in [4.69, 9.17) is 9.15 Å². The van der Waals surface area contributed by atoms with Gasteiger partial charge in [-0.1, -0.05) is 18.2 Å². The molecule has 0 radical (unpaired) electrons. The van der Waals surface area contributed by atoms with Crippen LogP contribution in [0.15, 0.2) is 59.2 Å². The van der Waals surface area contributed by atoms with Crippen LogP contribution in [-0.4, -0.2) is 42.5 Å². The maximum atomic E-state index is 12.2. The summed E-state index contributed by atoms with van der Waals surface area (Å²) in [5, 5.41) is 2.97. The van der Waals surface area contributed by atoms with E-state index in [0.717, 1.165) is 12.8 Å². The van der Waals surface area contributed by atoms with Gasteiger partial charge in [-0.05, 0) is 56.0 Å². The third kappa shape index (κ3) is 5.74. The Morgan fingerprint density at radius 3 is 2.64 bits per heavy atom. The van der Waals surface area contributed by atoms with Crippen LogP contribution >= 0.6 is 0 Å². The van der Waals surface area contributed by atoms with Crippen LogP contribution in [0.1, 0.15) is 25.5 Å². The Balaban J connectivity index is 1.37. The zero-order valence-corrected chi connectivity index (χ0v) is 16.0. The molecule has 6 nitrogen and oxygen atoms in total. The normalized spacial score (nSPS) is 16.1.